The van der Waals surface area contributed by atoms with Gasteiger partial charge in [0.15, 0.2) is 0 Å². The van der Waals surface area contributed by atoms with Gasteiger partial charge in [-0.2, -0.15) is 0 Å². The highest BCUT2D eigenvalue weighted by Crippen LogP contribution is 2.27. The van der Waals surface area contributed by atoms with E-state index in [1.54, 1.807) is 24.3 Å². The summed E-state index contributed by atoms with van der Waals surface area (Å²) >= 11 is 1.16. The SMILES string of the molecule is CCCCCCCCOc1ccc(-c2ccc(C(=O)Sc3ccc(C(=O)O[C@@H](C)CCCCCC)cc3)cc2)cc1. The number of carbonyl (C=O) groups excluding carboxylic acids is 2. The molecule has 0 unspecified atom stereocenters. The van der Waals surface area contributed by atoms with E-state index >= 15 is 0 Å². The summed E-state index contributed by atoms with van der Waals surface area (Å²) in [5, 5.41) is -0.0361. The Morgan fingerprint density at radius 1 is 0.659 bits per heavy atom. The fourth-order valence-electron chi connectivity index (χ4n) is 4.61. The van der Waals surface area contributed by atoms with Gasteiger partial charge in [-0.05, 0) is 97.6 Å². The molecule has 0 heterocycles. The van der Waals surface area contributed by atoms with Gasteiger partial charge < -0.3 is 9.47 Å². The Bertz CT molecular complexity index is 1170. The van der Waals surface area contributed by atoms with Crippen molar-refractivity contribution in [2.45, 2.75) is 102 Å². The summed E-state index contributed by atoms with van der Waals surface area (Å²) in [5.41, 5.74) is 3.28. The van der Waals surface area contributed by atoms with E-state index in [1.807, 2.05) is 43.3 Å². The highest BCUT2D eigenvalue weighted by atomic mass is 32.2. The predicted molar refractivity (Wildman–Crippen MR) is 171 cm³/mol. The first kappa shape index (κ1) is 32.5. The zero-order valence-corrected chi connectivity index (χ0v) is 25.8. The zero-order chi connectivity index (χ0) is 29.3. The Hall–Kier alpha value is -3.05. The molecule has 3 aromatic rings. The van der Waals surface area contributed by atoms with Gasteiger partial charge in [-0.15, -0.1) is 0 Å². The van der Waals surface area contributed by atoms with Crippen LogP contribution in [0.4, 0.5) is 0 Å². The Kier molecular flexibility index (Phi) is 14.6. The van der Waals surface area contributed by atoms with Gasteiger partial charge in [-0.25, -0.2) is 4.79 Å². The van der Waals surface area contributed by atoms with Crippen LogP contribution in [0.3, 0.4) is 0 Å². The number of thioether (sulfide) groups is 1. The lowest BCUT2D eigenvalue weighted by molar-refractivity contribution is 0.0319. The molecular weight excluding hydrogens is 528 g/mol. The van der Waals surface area contributed by atoms with Crippen molar-refractivity contribution in [1.82, 2.24) is 0 Å². The molecule has 0 aromatic heterocycles. The third-order valence-corrected chi connectivity index (χ3v) is 8.08. The van der Waals surface area contributed by atoms with Crippen LogP contribution in [0.15, 0.2) is 77.7 Å². The molecule has 0 spiro atoms. The van der Waals surface area contributed by atoms with Crippen LogP contribution in [0.25, 0.3) is 11.1 Å². The van der Waals surface area contributed by atoms with Gasteiger partial charge in [0.2, 0.25) is 5.12 Å². The monoisotopic (exact) mass is 574 g/mol. The molecule has 5 heteroatoms. The van der Waals surface area contributed by atoms with Crippen LogP contribution >= 0.6 is 11.8 Å². The minimum absolute atomic E-state index is 0.0361. The van der Waals surface area contributed by atoms with Crippen LogP contribution < -0.4 is 4.74 Å². The molecule has 0 radical (unpaired) electrons. The second-order valence-electron chi connectivity index (χ2n) is 10.7. The maximum absolute atomic E-state index is 12.9. The lowest BCUT2D eigenvalue weighted by atomic mass is 10.0. The molecule has 220 valence electrons. The predicted octanol–water partition coefficient (Wildman–Crippen LogP) is 10.5. The molecule has 3 aromatic carbocycles. The number of benzene rings is 3. The number of hydrogen-bond donors (Lipinski definition) is 0. The maximum atomic E-state index is 12.9. The molecule has 0 aliphatic heterocycles. The number of hydrogen-bond acceptors (Lipinski definition) is 5. The molecule has 0 amide bonds. The summed E-state index contributed by atoms with van der Waals surface area (Å²) in [7, 11) is 0. The van der Waals surface area contributed by atoms with E-state index in [0.717, 1.165) is 59.4 Å². The molecule has 41 heavy (non-hydrogen) atoms. The molecular formula is C36H46O4S. The van der Waals surface area contributed by atoms with E-state index in [2.05, 4.69) is 26.0 Å². The Morgan fingerprint density at radius 3 is 1.83 bits per heavy atom. The van der Waals surface area contributed by atoms with Crippen LogP contribution in [0, 0.1) is 0 Å². The van der Waals surface area contributed by atoms with Crippen molar-refractivity contribution in [3.63, 3.8) is 0 Å². The summed E-state index contributed by atoms with van der Waals surface area (Å²) in [4.78, 5) is 26.1. The summed E-state index contributed by atoms with van der Waals surface area (Å²) < 4.78 is 11.5. The van der Waals surface area contributed by atoms with Crippen molar-refractivity contribution >= 4 is 22.8 Å². The molecule has 0 aliphatic rings. The molecule has 3 rings (SSSR count). The van der Waals surface area contributed by atoms with Gasteiger partial charge in [0.05, 0.1) is 18.3 Å². The van der Waals surface area contributed by atoms with Gasteiger partial charge in [-0.3, -0.25) is 4.79 Å². The molecule has 0 N–H and O–H groups in total. The summed E-state index contributed by atoms with van der Waals surface area (Å²) in [6.07, 6.45) is 12.9. The molecule has 0 saturated heterocycles. The van der Waals surface area contributed by atoms with Crippen molar-refractivity contribution in [2.75, 3.05) is 6.61 Å². The van der Waals surface area contributed by atoms with E-state index in [4.69, 9.17) is 9.47 Å². The zero-order valence-electron chi connectivity index (χ0n) is 25.0. The van der Waals surface area contributed by atoms with Crippen LogP contribution in [0.5, 0.6) is 5.75 Å². The van der Waals surface area contributed by atoms with Gasteiger partial charge >= 0.3 is 5.97 Å². The lowest BCUT2D eigenvalue weighted by Crippen LogP contribution is -2.15. The summed E-state index contributed by atoms with van der Waals surface area (Å²) in [6, 6.07) is 22.9. The van der Waals surface area contributed by atoms with Crippen molar-refractivity contribution in [1.29, 1.82) is 0 Å². The molecule has 1 atom stereocenters. The van der Waals surface area contributed by atoms with Crippen LogP contribution in [0.2, 0.25) is 0 Å². The fraction of sp³-hybridized carbons (Fsp3) is 0.444. The van der Waals surface area contributed by atoms with E-state index in [0.29, 0.717) is 11.1 Å². The smallest absolute Gasteiger partial charge is 0.338 e. The normalized spacial score (nSPS) is 11.7. The first-order valence-corrected chi connectivity index (χ1v) is 16.2. The van der Waals surface area contributed by atoms with E-state index in [1.165, 1.54) is 51.4 Å². The Labute approximate surface area is 251 Å². The number of carbonyl (C=O) groups is 2. The van der Waals surface area contributed by atoms with E-state index in [-0.39, 0.29) is 17.2 Å². The largest absolute Gasteiger partial charge is 0.494 e. The summed E-state index contributed by atoms with van der Waals surface area (Å²) in [5.74, 6) is 0.575. The maximum Gasteiger partial charge on any atom is 0.338 e. The second kappa shape index (κ2) is 18.4. The topological polar surface area (TPSA) is 52.6 Å². The van der Waals surface area contributed by atoms with Gasteiger partial charge in [0.25, 0.3) is 0 Å². The highest BCUT2D eigenvalue weighted by Gasteiger charge is 2.14. The first-order chi connectivity index (χ1) is 20.0. The standard InChI is InChI=1S/C36H46O4S/c1-4-6-8-10-11-13-27-39-33-23-19-30(20-24-33)29-15-17-32(18-16-29)36(38)41-34-25-21-31(22-26-34)35(37)40-28(3)14-12-9-7-5-2/h15-26,28H,4-14,27H2,1-3H3/t28-/m0/s1. The van der Waals surface area contributed by atoms with Gasteiger partial charge in [-0.1, -0.05) is 89.5 Å². The average molecular weight is 575 g/mol. The van der Waals surface area contributed by atoms with Gasteiger partial charge in [0.1, 0.15) is 5.75 Å². The number of rotatable bonds is 18. The first-order valence-electron chi connectivity index (χ1n) is 15.4. The fourth-order valence-corrected chi connectivity index (χ4v) is 5.35. The van der Waals surface area contributed by atoms with Crippen LogP contribution in [-0.4, -0.2) is 23.8 Å². The second-order valence-corrected chi connectivity index (χ2v) is 11.7. The van der Waals surface area contributed by atoms with Gasteiger partial charge in [0, 0.05) is 10.5 Å². The molecule has 0 fully saturated rings. The number of ether oxygens (including phenoxy) is 2. The van der Waals surface area contributed by atoms with E-state index in [9.17, 15) is 9.59 Å². The molecule has 0 bridgehead atoms. The van der Waals surface area contributed by atoms with Crippen molar-refractivity contribution in [2.24, 2.45) is 0 Å². The minimum Gasteiger partial charge on any atom is -0.494 e. The van der Waals surface area contributed by atoms with Crippen molar-refractivity contribution in [3.8, 4) is 16.9 Å². The quantitative estimate of drug-likeness (QED) is 0.0859. The Morgan fingerprint density at radius 2 is 1.20 bits per heavy atom. The summed E-state index contributed by atoms with van der Waals surface area (Å²) in [6.45, 7) is 7.12. The van der Waals surface area contributed by atoms with Crippen molar-refractivity contribution in [3.05, 3.63) is 83.9 Å². The molecule has 0 saturated carbocycles. The lowest BCUT2D eigenvalue weighted by Gasteiger charge is -2.13. The Balaban J connectivity index is 1.44. The third-order valence-electron chi connectivity index (χ3n) is 7.15. The molecule has 0 aliphatic carbocycles. The third kappa shape index (κ3) is 11.8. The van der Waals surface area contributed by atoms with E-state index < -0.39 is 0 Å². The minimum atomic E-state index is -0.316. The van der Waals surface area contributed by atoms with Crippen LogP contribution in [-0.2, 0) is 4.74 Å². The highest BCUT2D eigenvalue weighted by molar-refractivity contribution is 8.14. The number of unbranched alkanes of at least 4 members (excludes halogenated alkanes) is 8. The number of esters is 1. The molecule has 4 nitrogen and oxygen atoms in total. The van der Waals surface area contributed by atoms with Crippen molar-refractivity contribution < 1.29 is 19.1 Å². The average Bonchev–Trinajstić information content (AvgIpc) is 2.99. The van der Waals surface area contributed by atoms with Crippen LogP contribution in [0.1, 0.15) is 112 Å².